The molecule has 8 nitrogen and oxygen atoms in total. The van der Waals surface area contributed by atoms with E-state index in [0.29, 0.717) is 16.8 Å². The molecule has 2 fully saturated rings. The molecule has 0 N–H and O–H groups in total. The molecule has 1 unspecified atom stereocenters. The first kappa shape index (κ1) is 22.4. The number of anilines is 1. The number of rotatable bonds is 7. The van der Waals surface area contributed by atoms with Crippen molar-refractivity contribution in [1.29, 1.82) is 0 Å². The number of para-hydroxylation sites is 1. The Labute approximate surface area is 198 Å². The van der Waals surface area contributed by atoms with Gasteiger partial charge in [0.15, 0.2) is 6.61 Å². The Morgan fingerprint density at radius 1 is 1.15 bits per heavy atom. The summed E-state index contributed by atoms with van der Waals surface area (Å²) in [5.41, 5.74) is 1.65. The molecule has 3 heterocycles. The second-order valence-electron chi connectivity index (χ2n) is 9.40. The smallest absolute Gasteiger partial charge is 0.354 e. The number of fused-ring (bicyclic) bond motifs is 3. The lowest BCUT2D eigenvalue weighted by Crippen LogP contribution is -2.69. The summed E-state index contributed by atoms with van der Waals surface area (Å²) in [6, 6.07) is 8.57. The summed E-state index contributed by atoms with van der Waals surface area (Å²) in [5.74, 6) is -1.51. The molecular formula is C26H29N3O5. The number of esters is 1. The second-order valence-corrected chi connectivity index (χ2v) is 9.40. The number of nitrogens with zero attached hydrogens (tertiary/aromatic N) is 3. The van der Waals surface area contributed by atoms with E-state index in [1.807, 2.05) is 19.9 Å². The minimum absolute atomic E-state index is 0.120. The molecule has 1 saturated heterocycles. The van der Waals surface area contributed by atoms with Gasteiger partial charge in [-0.15, -0.1) is 0 Å². The number of hydrogen-bond donors (Lipinski definition) is 0. The normalized spacial score (nSPS) is 21.5. The summed E-state index contributed by atoms with van der Waals surface area (Å²) in [4.78, 5) is 56.1. The summed E-state index contributed by atoms with van der Waals surface area (Å²) in [6.07, 6.45) is 2.77. The maximum atomic E-state index is 13.7. The number of aryl methyl sites for hydroxylation is 1. The van der Waals surface area contributed by atoms with Crippen LogP contribution in [0.5, 0.6) is 0 Å². The maximum absolute atomic E-state index is 13.7. The van der Waals surface area contributed by atoms with E-state index in [1.54, 1.807) is 29.2 Å². The average molecular weight is 464 g/mol. The molecule has 0 spiro atoms. The van der Waals surface area contributed by atoms with Crippen LogP contribution < -0.4 is 4.90 Å². The van der Waals surface area contributed by atoms with Crippen molar-refractivity contribution >= 4 is 29.3 Å². The van der Waals surface area contributed by atoms with Crippen molar-refractivity contribution in [2.45, 2.75) is 71.1 Å². The van der Waals surface area contributed by atoms with Gasteiger partial charge in [-0.3, -0.25) is 19.3 Å². The van der Waals surface area contributed by atoms with Gasteiger partial charge in [-0.2, -0.15) is 0 Å². The summed E-state index contributed by atoms with van der Waals surface area (Å²) in [7, 11) is 0. The van der Waals surface area contributed by atoms with Gasteiger partial charge < -0.3 is 14.2 Å². The lowest BCUT2D eigenvalue weighted by molar-refractivity contribution is -0.156. The fourth-order valence-electron chi connectivity index (χ4n) is 5.49. The summed E-state index contributed by atoms with van der Waals surface area (Å²) in [6.45, 7) is 6.28. The number of carbonyl (C=O) groups is 4. The molecule has 0 radical (unpaired) electrons. The van der Waals surface area contributed by atoms with E-state index in [4.69, 9.17) is 4.74 Å². The molecule has 1 atom stereocenters. The highest BCUT2D eigenvalue weighted by atomic mass is 16.5. The first-order chi connectivity index (χ1) is 16.3. The van der Waals surface area contributed by atoms with Crippen LogP contribution in [0.15, 0.2) is 30.3 Å². The molecular weight excluding hydrogens is 434 g/mol. The Morgan fingerprint density at radius 2 is 1.88 bits per heavy atom. The quantitative estimate of drug-likeness (QED) is 0.464. The first-order valence-electron chi connectivity index (χ1n) is 11.9. The van der Waals surface area contributed by atoms with Gasteiger partial charge in [0.2, 0.25) is 17.4 Å². The number of ether oxygens (including phenoxy) is 1. The number of amides is 2. The summed E-state index contributed by atoms with van der Waals surface area (Å²) < 4.78 is 7.68. The van der Waals surface area contributed by atoms with E-state index in [0.717, 1.165) is 37.2 Å². The minimum Gasteiger partial charge on any atom is -0.454 e. The fraction of sp³-hybridized carbons (Fsp3) is 0.462. The van der Waals surface area contributed by atoms with Crippen LogP contribution in [0, 0.1) is 13.8 Å². The maximum Gasteiger partial charge on any atom is 0.354 e. The van der Waals surface area contributed by atoms with E-state index < -0.39 is 18.2 Å². The highest BCUT2D eigenvalue weighted by molar-refractivity contribution is 6.16. The molecule has 3 aliphatic rings. The Hall–Kier alpha value is -3.42. The zero-order valence-electron chi connectivity index (χ0n) is 19.8. The SMILES string of the molecule is CCCn1c(C)cc(C(=O)COC(=O)C23CCC(=O)N2c2ccccc2C(=O)N3C2CC2)c1C. The topological polar surface area (TPSA) is 88.9 Å². The van der Waals surface area contributed by atoms with Crippen molar-refractivity contribution in [1.82, 2.24) is 9.47 Å². The van der Waals surface area contributed by atoms with Crippen molar-refractivity contribution in [3.8, 4) is 0 Å². The summed E-state index contributed by atoms with van der Waals surface area (Å²) >= 11 is 0. The van der Waals surface area contributed by atoms with Crippen LogP contribution >= 0.6 is 0 Å². The van der Waals surface area contributed by atoms with Crippen molar-refractivity contribution in [3.63, 3.8) is 0 Å². The number of ketones is 1. The van der Waals surface area contributed by atoms with Gasteiger partial charge in [0.1, 0.15) is 0 Å². The Morgan fingerprint density at radius 3 is 2.59 bits per heavy atom. The minimum atomic E-state index is -1.54. The van der Waals surface area contributed by atoms with Crippen molar-refractivity contribution in [3.05, 3.63) is 52.8 Å². The zero-order valence-corrected chi connectivity index (χ0v) is 19.8. The van der Waals surface area contributed by atoms with Gasteiger partial charge in [-0.25, -0.2) is 4.79 Å². The van der Waals surface area contributed by atoms with Crippen LogP contribution in [0.4, 0.5) is 5.69 Å². The molecule has 34 heavy (non-hydrogen) atoms. The first-order valence-corrected chi connectivity index (χ1v) is 11.9. The lowest BCUT2D eigenvalue weighted by atomic mass is 9.96. The molecule has 0 bridgehead atoms. The third kappa shape index (κ3) is 3.19. The second kappa shape index (κ2) is 8.11. The van der Waals surface area contributed by atoms with E-state index in [2.05, 4.69) is 11.5 Å². The third-order valence-electron chi connectivity index (χ3n) is 7.19. The van der Waals surface area contributed by atoms with Crippen LogP contribution in [0.25, 0.3) is 0 Å². The van der Waals surface area contributed by atoms with E-state index >= 15 is 0 Å². The molecule has 5 rings (SSSR count). The molecule has 1 aromatic heterocycles. The summed E-state index contributed by atoms with van der Waals surface area (Å²) in [5, 5.41) is 0. The van der Waals surface area contributed by atoms with E-state index in [-0.39, 0.29) is 36.5 Å². The molecule has 1 aromatic carbocycles. The lowest BCUT2D eigenvalue weighted by Gasteiger charge is -2.48. The molecule has 2 aliphatic heterocycles. The molecule has 1 saturated carbocycles. The van der Waals surface area contributed by atoms with Gasteiger partial charge in [-0.05, 0) is 51.3 Å². The average Bonchev–Trinajstić information content (AvgIpc) is 3.54. The zero-order chi connectivity index (χ0) is 24.2. The third-order valence-corrected chi connectivity index (χ3v) is 7.19. The Bertz CT molecular complexity index is 1210. The molecule has 8 heteroatoms. The number of aromatic nitrogens is 1. The largest absolute Gasteiger partial charge is 0.454 e. The highest BCUT2D eigenvalue weighted by Gasteiger charge is 2.64. The predicted molar refractivity (Wildman–Crippen MR) is 125 cm³/mol. The van der Waals surface area contributed by atoms with Gasteiger partial charge in [0, 0.05) is 42.4 Å². The van der Waals surface area contributed by atoms with E-state index in [9.17, 15) is 19.2 Å². The van der Waals surface area contributed by atoms with Crippen LogP contribution in [-0.4, -0.2) is 51.3 Å². The van der Waals surface area contributed by atoms with Crippen molar-refractivity contribution < 1.29 is 23.9 Å². The van der Waals surface area contributed by atoms with Crippen molar-refractivity contribution in [2.75, 3.05) is 11.5 Å². The van der Waals surface area contributed by atoms with Gasteiger partial charge in [-0.1, -0.05) is 19.1 Å². The predicted octanol–water partition coefficient (Wildman–Crippen LogP) is 3.38. The fourth-order valence-corrected chi connectivity index (χ4v) is 5.49. The Kier molecular flexibility index (Phi) is 5.34. The molecule has 178 valence electrons. The van der Waals surface area contributed by atoms with E-state index in [1.165, 1.54) is 4.90 Å². The van der Waals surface area contributed by atoms with Gasteiger partial charge in [0.25, 0.3) is 5.91 Å². The van der Waals surface area contributed by atoms with Crippen molar-refractivity contribution in [2.24, 2.45) is 0 Å². The number of benzene rings is 1. The monoisotopic (exact) mass is 463 g/mol. The number of hydrogen-bond acceptors (Lipinski definition) is 5. The van der Waals surface area contributed by atoms with Gasteiger partial charge in [0.05, 0.1) is 11.3 Å². The van der Waals surface area contributed by atoms with Gasteiger partial charge >= 0.3 is 5.97 Å². The molecule has 1 aliphatic carbocycles. The Balaban J connectivity index is 1.46. The van der Waals surface area contributed by atoms with Crippen LogP contribution in [0.1, 0.15) is 71.1 Å². The van der Waals surface area contributed by atoms with Crippen LogP contribution in [0.3, 0.4) is 0 Å². The molecule has 2 aromatic rings. The highest BCUT2D eigenvalue weighted by Crippen LogP contribution is 2.49. The van der Waals surface area contributed by atoms with Crippen LogP contribution in [0.2, 0.25) is 0 Å². The van der Waals surface area contributed by atoms with Crippen LogP contribution in [-0.2, 0) is 20.9 Å². The number of Topliss-reactive ketones (excluding diaryl/α,β-unsaturated/α-hetero) is 1. The number of carbonyl (C=O) groups excluding carboxylic acids is 4. The standard InChI is InChI=1S/C26H29N3O5/c1-4-13-27-16(2)14-20(17(27)3)22(30)15-34-25(33)26-12-11-23(31)29(26)21-8-6-5-7-19(21)24(32)28(26)18-9-10-18/h5-8,14,18H,4,9-13,15H2,1-3H3. The molecule has 2 amide bonds.